The minimum Gasteiger partial charge on any atom is -0.478 e. The lowest BCUT2D eigenvalue weighted by Crippen LogP contribution is -2.19. The predicted molar refractivity (Wildman–Crippen MR) is 62.4 cm³/mol. The number of carbonyl (C=O) groups excluding carboxylic acids is 1. The van der Waals surface area contributed by atoms with Gasteiger partial charge < -0.3 is 10.4 Å². The molecule has 0 unspecified atom stereocenters. The molecule has 0 aliphatic rings. The third-order valence-electron chi connectivity index (χ3n) is 2.29. The maximum atomic E-state index is 11.9. The van der Waals surface area contributed by atoms with Gasteiger partial charge in [0.2, 0.25) is 0 Å². The molecular weight excluding hydrogens is 236 g/mol. The second kappa shape index (κ2) is 4.66. The summed E-state index contributed by atoms with van der Waals surface area (Å²) in [7, 11) is 1.50. The molecule has 2 aromatic rings. The highest BCUT2D eigenvalue weighted by atomic mass is 16.4. The maximum Gasteiger partial charge on any atom is 0.339 e. The number of aromatic carboxylic acids is 1. The van der Waals surface area contributed by atoms with Crippen LogP contribution in [-0.2, 0) is 7.05 Å². The van der Waals surface area contributed by atoms with Crippen LogP contribution in [0.25, 0.3) is 0 Å². The third-order valence-corrected chi connectivity index (χ3v) is 2.29. The van der Waals surface area contributed by atoms with E-state index < -0.39 is 11.9 Å². The van der Waals surface area contributed by atoms with E-state index in [2.05, 4.69) is 15.4 Å². The van der Waals surface area contributed by atoms with Crippen molar-refractivity contribution in [3.8, 4) is 0 Å². The number of nitrogens with one attached hydrogen (secondary N) is 1. The summed E-state index contributed by atoms with van der Waals surface area (Å²) in [5.74, 6) is -1.42. The summed E-state index contributed by atoms with van der Waals surface area (Å²) in [6, 6.07) is 5.03. The summed E-state index contributed by atoms with van der Waals surface area (Å²) >= 11 is 0. The second-order valence-corrected chi connectivity index (χ2v) is 3.50. The van der Waals surface area contributed by atoms with Crippen LogP contribution in [-0.4, -0.2) is 31.7 Å². The molecule has 2 aromatic heterocycles. The van der Waals surface area contributed by atoms with Gasteiger partial charge in [-0.3, -0.25) is 9.48 Å². The van der Waals surface area contributed by atoms with Gasteiger partial charge in [-0.15, -0.1) is 0 Å². The molecule has 0 saturated heterocycles. The van der Waals surface area contributed by atoms with Gasteiger partial charge in [0.25, 0.3) is 5.91 Å². The Hall–Kier alpha value is -2.70. The SMILES string of the molecule is Cn1ncc(C(=O)O)c1C(=O)Nc1ccccn1. The summed E-state index contributed by atoms with van der Waals surface area (Å²) in [5.41, 5.74) is -0.168. The van der Waals surface area contributed by atoms with Crippen LogP contribution in [0.2, 0.25) is 0 Å². The molecule has 7 heteroatoms. The van der Waals surface area contributed by atoms with Crippen molar-refractivity contribution in [3.05, 3.63) is 41.9 Å². The van der Waals surface area contributed by atoms with E-state index in [4.69, 9.17) is 5.11 Å². The minimum atomic E-state index is -1.20. The average molecular weight is 246 g/mol. The van der Waals surface area contributed by atoms with Crippen molar-refractivity contribution >= 4 is 17.7 Å². The first-order chi connectivity index (χ1) is 8.59. The van der Waals surface area contributed by atoms with E-state index in [9.17, 15) is 9.59 Å². The van der Waals surface area contributed by atoms with Crippen molar-refractivity contribution < 1.29 is 14.7 Å². The van der Waals surface area contributed by atoms with Crippen LogP contribution >= 0.6 is 0 Å². The van der Waals surface area contributed by atoms with Crippen LogP contribution in [0.1, 0.15) is 20.8 Å². The van der Waals surface area contributed by atoms with E-state index in [0.29, 0.717) is 5.82 Å². The van der Waals surface area contributed by atoms with Gasteiger partial charge in [-0.25, -0.2) is 9.78 Å². The van der Waals surface area contributed by atoms with E-state index in [1.165, 1.54) is 17.9 Å². The molecule has 92 valence electrons. The number of carboxylic acids is 1. The molecule has 2 heterocycles. The van der Waals surface area contributed by atoms with Crippen LogP contribution in [0.5, 0.6) is 0 Å². The van der Waals surface area contributed by atoms with Gasteiger partial charge in [0.1, 0.15) is 17.1 Å². The molecule has 0 fully saturated rings. The Morgan fingerprint density at radius 3 is 2.78 bits per heavy atom. The first-order valence-corrected chi connectivity index (χ1v) is 5.07. The highest BCUT2D eigenvalue weighted by Crippen LogP contribution is 2.10. The number of amides is 1. The van der Waals surface area contributed by atoms with Crippen LogP contribution < -0.4 is 5.32 Å². The van der Waals surface area contributed by atoms with Crippen LogP contribution in [0, 0.1) is 0 Å². The Morgan fingerprint density at radius 1 is 1.39 bits per heavy atom. The molecule has 0 atom stereocenters. The molecule has 0 spiro atoms. The first-order valence-electron chi connectivity index (χ1n) is 5.07. The number of hydrogen-bond donors (Lipinski definition) is 2. The number of carboxylic acid groups (broad SMARTS) is 1. The molecule has 0 aliphatic carbocycles. The Morgan fingerprint density at radius 2 is 2.17 bits per heavy atom. The standard InChI is InChI=1S/C11H10N4O3/c1-15-9(7(6-13-15)11(17)18)10(16)14-8-4-2-3-5-12-8/h2-6H,1H3,(H,17,18)(H,12,14,16). The Kier molecular flexibility index (Phi) is 3.05. The van der Waals surface area contributed by atoms with Gasteiger partial charge >= 0.3 is 5.97 Å². The Balaban J connectivity index is 2.29. The predicted octanol–water partition coefficient (Wildman–Crippen LogP) is 0.766. The van der Waals surface area contributed by atoms with Crippen LogP contribution in [0.4, 0.5) is 5.82 Å². The maximum absolute atomic E-state index is 11.9. The molecule has 1 amide bonds. The number of hydrogen-bond acceptors (Lipinski definition) is 4. The highest BCUT2D eigenvalue weighted by Gasteiger charge is 2.21. The van der Waals surface area contributed by atoms with E-state index >= 15 is 0 Å². The first kappa shape index (κ1) is 11.8. The molecule has 0 bridgehead atoms. The van der Waals surface area contributed by atoms with Crippen molar-refractivity contribution in [1.82, 2.24) is 14.8 Å². The van der Waals surface area contributed by atoms with Gasteiger partial charge in [-0.1, -0.05) is 6.07 Å². The van der Waals surface area contributed by atoms with Gasteiger partial charge in [0, 0.05) is 13.2 Å². The molecule has 0 aliphatic heterocycles. The lowest BCUT2D eigenvalue weighted by atomic mass is 10.2. The Bertz CT molecular complexity index is 592. The molecule has 2 N–H and O–H groups in total. The molecule has 0 radical (unpaired) electrons. The fraction of sp³-hybridized carbons (Fsp3) is 0.0909. The lowest BCUT2D eigenvalue weighted by molar-refractivity contribution is 0.0692. The van der Waals surface area contributed by atoms with Crippen LogP contribution in [0.15, 0.2) is 30.6 Å². The fourth-order valence-corrected chi connectivity index (χ4v) is 1.48. The van der Waals surface area contributed by atoms with Gasteiger partial charge in [-0.05, 0) is 12.1 Å². The molecule has 0 saturated carbocycles. The number of aromatic nitrogens is 3. The monoisotopic (exact) mass is 246 g/mol. The smallest absolute Gasteiger partial charge is 0.339 e. The second-order valence-electron chi connectivity index (χ2n) is 3.50. The normalized spacial score (nSPS) is 10.1. The number of anilines is 1. The van der Waals surface area contributed by atoms with Gasteiger partial charge in [-0.2, -0.15) is 5.10 Å². The minimum absolute atomic E-state index is 0.0202. The van der Waals surface area contributed by atoms with Crippen molar-refractivity contribution in [2.75, 3.05) is 5.32 Å². The van der Waals surface area contributed by atoms with Gasteiger partial charge in [0.15, 0.2) is 0 Å². The molecule has 0 aromatic carbocycles. The van der Waals surface area contributed by atoms with Crippen molar-refractivity contribution in [2.45, 2.75) is 0 Å². The van der Waals surface area contributed by atoms with E-state index in [1.54, 1.807) is 18.2 Å². The zero-order chi connectivity index (χ0) is 13.1. The molecule has 2 rings (SSSR count). The van der Waals surface area contributed by atoms with E-state index in [1.807, 2.05) is 0 Å². The van der Waals surface area contributed by atoms with Crippen molar-refractivity contribution in [3.63, 3.8) is 0 Å². The molecular formula is C11H10N4O3. The fourth-order valence-electron chi connectivity index (χ4n) is 1.48. The number of nitrogens with zero attached hydrogens (tertiary/aromatic N) is 3. The summed E-state index contributed by atoms with van der Waals surface area (Å²) in [4.78, 5) is 26.8. The number of aryl methyl sites for hydroxylation is 1. The summed E-state index contributed by atoms with van der Waals surface area (Å²) < 4.78 is 1.21. The third kappa shape index (κ3) is 2.19. The van der Waals surface area contributed by atoms with E-state index in [-0.39, 0.29) is 11.3 Å². The molecule has 7 nitrogen and oxygen atoms in total. The van der Waals surface area contributed by atoms with Crippen molar-refractivity contribution in [1.29, 1.82) is 0 Å². The number of pyridine rings is 1. The van der Waals surface area contributed by atoms with Crippen LogP contribution in [0.3, 0.4) is 0 Å². The summed E-state index contributed by atoms with van der Waals surface area (Å²) in [6.07, 6.45) is 2.66. The number of carbonyl (C=O) groups is 2. The average Bonchev–Trinajstić information content (AvgIpc) is 2.72. The van der Waals surface area contributed by atoms with E-state index in [0.717, 1.165) is 6.20 Å². The topological polar surface area (TPSA) is 97.1 Å². The molecule has 18 heavy (non-hydrogen) atoms. The largest absolute Gasteiger partial charge is 0.478 e. The Labute approximate surface area is 102 Å². The summed E-state index contributed by atoms with van der Waals surface area (Å²) in [6.45, 7) is 0. The lowest BCUT2D eigenvalue weighted by Gasteiger charge is -2.05. The summed E-state index contributed by atoms with van der Waals surface area (Å²) in [5, 5.41) is 15.2. The highest BCUT2D eigenvalue weighted by molar-refractivity contribution is 6.09. The van der Waals surface area contributed by atoms with Crippen molar-refractivity contribution in [2.24, 2.45) is 7.05 Å². The van der Waals surface area contributed by atoms with Gasteiger partial charge in [0.05, 0.1) is 6.20 Å². The number of rotatable bonds is 3. The zero-order valence-corrected chi connectivity index (χ0v) is 9.49. The quantitative estimate of drug-likeness (QED) is 0.833. The zero-order valence-electron chi connectivity index (χ0n) is 9.49.